The van der Waals surface area contributed by atoms with Crippen molar-refractivity contribution in [2.75, 3.05) is 11.5 Å². The van der Waals surface area contributed by atoms with Gasteiger partial charge in [-0.2, -0.15) is 0 Å². The van der Waals surface area contributed by atoms with E-state index in [0.29, 0.717) is 11.8 Å². The molecule has 12 heteroatoms. The second-order valence-corrected chi connectivity index (χ2v) is 71.3. The summed E-state index contributed by atoms with van der Waals surface area (Å²) < 4.78 is 0. The highest BCUT2D eigenvalue weighted by Gasteiger charge is 2.36. The Morgan fingerprint density at radius 1 is 0.316 bits per heavy atom. The summed E-state index contributed by atoms with van der Waals surface area (Å²) in [7, 11) is -11.9. The van der Waals surface area contributed by atoms with Gasteiger partial charge in [0.2, 0.25) is 0 Å². The average molecular weight is 1160 g/mol. The molecule has 0 fully saturated rings. The molecule has 2 nitrogen and oxygen atoms in total. The molecule has 0 aliphatic heterocycles. The van der Waals surface area contributed by atoms with Crippen molar-refractivity contribution in [2.45, 2.75) is 182 Å². The molecule has 6 aromatic rings. The van der Waals surface area contributed by atoms with Crippen molar-refractivity contribution in [3.8, 4) is 0 Å². The Kier molecular flexibility index (Phi) is 17.9. The number of nitrogen functional groups attached to an aromatic ring is 2. The smallest absolute Gasteiger partial charge is 0.0785 e. The lowest BCUT2D eigenvalue weighted by Crippen LogP contribution is -2.41. The molecule has 0 spiro atoms. The third-order valence-corrected chi connectivity index (χ3v) is 32.8. The molecule has 0 amide bonds. The third kappa shape index (κ3) is 12.9. The van der Waals surface area contributed by atoms with E-state index in [1.165, 1.54) is 65.3 Å². The van der Waals surface area contributed by atoms with Crippen LogP contribution < -0.4 is 42.6 Å². The number of hydrogen-bond acceptors (Lipinski definition) is 2. The highest BCUT2D eigenvalue weighted by Crippen LogP contribution is 2.47. The van der Waals surface area contributed by atoms with Crippen molar-refractivity contribution < 1.29 is 9.41 Å². The molecule has 0 saturated carbocycles. The second kappa shape index (κ2) is 21.5. The minimum atomic E-state index is -1.59. The standard InChI is InChI=1S/2C32H49NSi4.2FH/c2*1-34(2,3)22-13-15-24-25(17-18-30(27(24)19-22)36(7,8)9)32-26-16-14-23(35(4,5)6)20-28(26)31(21-29(32)33)37(10,11)12;;/h2*13-16,18-21,25H,17,33H2,1-12H3;2*1H/t2*25-;;/m11../s1. The number of halogens is 2. The SMILES string of the molecule is C[Si](C)(C)C1=CC[C@@H](c2c(N)cc([Si](C)(C)C)c3cc([Si](C)(C)C)ccc23)c2ccc([Si](C)(C)C)cc21.C[Si](C)(C)C1=CC[C@@H](c2c(N)cc([Si](C)(C)C)c3cc([Si](C)(C)C)ccc23)c2ccc([Si](C)(C)C)cc21.F.F. The van der Waals surface area contributed by atoms with E-state index in [4.69, 9.17) is 11.5 Å². The first kappa shape index (κ1) is 63.3. The number of nitrogens with two attached hydrogens (primary N) is 2. The fourth-order valence-corrected chi connectivity index (χ4v) is 23.3. The summed E-state index contributed by atoms with van der Waals surface area (Å²) in [6.45, 7) is 59.2. The zero-order chi connectivity index (χ0) is 55.4. The Balaban J connectivity index is 0.000000274. The number of fused-ring (bicyclic) bond motifs is 4. The normalized spacial score (nSPS) is 16.6. The second-order valence-electron chi connectivity index (χ2n) is 30.8. The van der Waals surface area contributed by atoms with E-state index < -0.39 is 64.6 Å². The van der Waals surface area contributed by atoms with Gasteiger partial charge >= 0.3 is 0 Å². The van der Waals surface area contributed by atoms with Crippen LogP contribution in [0.15, 0.2) is 97.1 Å². The van der Waals surface area contributed by atoms with E-state index in [0.717, 1.165) is 24.2 Å². The summed E-state index contributed by atoms with van der Waals surface area (Å²) in [5, 5.41) is 18.2. The van der Waals surface area contributed by atoms with Crippen molar-refractivity contribution in [3.63, 3.8) is 0 Å². The van der Waals surface area contributed by atoms with Crippen molar-refractivity contribution in [2.24, 2.45) is 0 Å². The predicted molar refractivity (Wildman–Crippen MR) is 368 cm³/mol. The van der Waals surface area contributed by atoms with Crippen LogP contribution in [-0.2, 0) is 0 Å². The minimum Gasteiger partial charge on any atom is -0.398 e. The van der Waals surface area contributed by atoms with Crippen LogP contribution in [0.2, 0.25) is 157 Å². The van der Waals surface area contributed by atoms with Gasteiger partial charge in [-0.1, -0.05) is 284 Å². The number of benzene rings is 6. The third-order valence-electron chi connectivity index (χ3n) is 16.4. The van der Waals surface area contributed by atoms with Gasteiger partial charge in [-0.25, -0.2) is 0 Å². The van der Waals surface area contributed by atoms with Gasteiger partial charge in [0, 0.05) is 23.2 Å². The monoisotopic (exact) mass is 1160 g/mol. The predicted octanol–water partition coefficient (Wildman–Crippen LogP) is 16.0. The van der Waals surface area contributed by atoms with Crippen molar-refractivity contribution in [1.82, 2.24) is 0 Å². The number of allylic oxidation sites excluding steroid dienone is 2. The molecule has 412 valence electrons. The van der Waals surface area contributed by atoms with Crippen LogP contribution in [0, 0.1) is 0 Å². The summed E-state index contributed by atoms with van der Waals surface area (Å²) in [6, 6.07) is 34.4. The largest absolute Gasteiger partial charge is 0.398 e. The van der Waals surface area contributed by atoms with Crippen LogP contribution in [0.1, 0.15) is 58.1 Å². The van der Waals surface area contributed by atoms with Crippen LogP contribution in [0.25, 0.3) is 31.9 Å². The van der Waals surface area contributed by atoms with Crippen LogP contribution in [0.4, 0.5) is 20.8 Å². The quantitative estimate of drug-likeness (QED) is 0.106. The molecule has 0 bridgehead atoms. The van der Waals surface area contributed by atoms with E-state index >= 15 is 0 Å². The Bertz CT molecular complexity index is 3010. The summed E-state index contributed by atoms with van der Waals surface area (Å²) in [6.07, 6.45) is 7.25. The fraction of sp³-hybridized carbons (Fsp3) is 0.438. The number of anilines is 2. The van der Waals surface area contributed by atoms with Crippen molar-refractivity contribution in [1.29, 1.82) is 0 Å². The Hall–Kier alpha value is -3.48. The Morgan fingerprint density at radius 3 is 0.855 bits per heavy atom. The van der Waals surface area contributed by atoms with Gasteiger partial charge in [-0.3, -0.25) is 9.41 Å². The van der Waals surface area contributed by atoms with E-state index in [1.54, 1.807) is 31.1 Å². The molecule has 0 radical (unpaired) electrons. The lowest BCUT2D eigenvalue weighted by atomic mass is 9.79. The molecule has 0 heterocycles. The topological polar surface area (TPSA) is 52.0 Å². The van der Waals surface area contributed by atoms with Crippen molar-refractivity contribution in [3.05, 3.63) is 130 Å². The summed E-state index contributed by atoms with van der Waals surface area (Å²) in [4.78, 5) is 0. The molecule has 4 N–H and O–H groups in total. The molecular formula is C64H100F2N2Si8. The van der Waals surface area contributed by atoms with Crippen LogP contribution >= 0.6 is 0 Å². The highest BCUT2D eigenvalue weighted by atomic mass is 28.3. The molecule has 2 aliphatic rings. The fourth-order valence-electron chi connectivity index (χ4n) is 11.9. The molecule has 0 saturated heterocycles. The molecule has 6 aromatic carbocycles. The average Bonchev–Trinajstić information content (AvgIpc) is 3.25. The number of hydrogen-bond donors (Lipinski definition) is 2. The first-order valence-electron chi connectivity index (χ1n) is 28.0. The lowest BCUT2D eigenvalue weighted by molar-refractivity contribution is 0.827. The molecule has 76 heavy (non-hydrogen) atoms. The first-order chi connectivity index (χ1) is 33.6. The Morgan fingerprint density at radius 2 is 0.592 bits per heavy atom. The molecule has 2 aliphatic carbocycles. The van der Waals surface area contributed by atoms with E-state index in [2.05, 4.69) is 254 Å². The summed E-state index contributed by atoms with van der Waals surface area (Å²) in [5.41, 5.74) is 24.8. The van der Waals surface area contributed by atoms with Gasteiger partial charge < -0.3 is 11.5 Å². The molecule has 0 aromatic heterocycles. The minimum absolute atomic E-state index is 0. The van der Waals surface area contributed by atoms with E-state index in [1.807, 2.05) is 0 Å². The number of rotatable bonds is 10. The van der Waals surface area contributed by atoms with Gasteiger partial charge in [0.1, 0.15) is 0 Å². The molecule has 0 unspecified atom stereocenters. The molecule has 2 atom stereocenters. The molecular weight excluding hydrogens is 1060 g/mol. The van der Waals surface area contributed by atoms with Gasteiger partial charge in [0.05, 0.1) is 64.6 Å². The van der Waals surface area contributed by atoms with Crippen LogP contribution in [0.5, 0.6) is 0 Å². The zero-order valence-corrected chi connectivity index (χ0v) is 59.8. The van der Waals surface area contributed by atoms with Crippen LogP contribution in [0.3, 0.4) is 0 Å². The lowest BCUT2D eigenvalue weighted by Gasteiger charge is -2.35. The first-order valence-corrected chi connectivity index (χ1v) is 56.0. The maximum Gasteiger partial charge on any atom is 0.0785 e. The van der Waals surface area contributed by atoms with Crippen molar-refractivity contribution >= 4 is 139 Å². The van der Waals surface area contributed by atoms with Gasteiger partial charge in [0.15, 0.2) is 0 Å². The zero-order valence-electron chi connectivity index (χ0n) is 51.8. The maximum atomic E-state index is 7.04. The van der Waals surface area contributed by atoms with E-state index in [-0.39, 0.29) is 9.41 Å². The van der Waals surface area contributed by atoms with Gasteiger partial charge in [0.25, 0.3) is 0 Å². The Labute approximate surface area is 468 Å². The summed E-state index contributed by atoms with van der Waals surface area (Å²) >= 11 is 0. The maximum absolute atomic E-state index is 7.04. The van der Waals surface area contributed by atoms with Gasteiger partial charge in [-0.15, -0.1) is 0 Å². The highest BCUT2D eigenvalue weighted by molar-refractivity contribution is 6.95. The van der Waals surface area contributed by atoms with E-state index in [9.17, 15) is 0 Å². The molecule has 8 rings (SSSR count). The summed E-state index contributed by atoms with van der Waals surface area (Å²) in [5.74, 6) is 0.614. The van der Waals surface area contributed by atoms with Gasteiger partial charge in [-0.05, 0) is 79.9 Å². The van der Waals surface area contributed by atoms with Crippen LogP contribution in [-0.4, -0.2) is 64.6 Å².